The summed E-state index contributed by atoms with van der Waals surface area (Å²) in [6.45, 7) is 2.95. The van der Waals surface area contributed by atoms with E-state index in [1.54, 1.807) is 11.8 Å². The average molecular weight is 349 g/mol. The number of halogens is 2. The molecule has 5 nitrogen and oxygen atoms in total. The lowest BCUT2D eigenvalue weighted by Crippen LogP contribution is -2.06. The van der Waals surface area contributed by atoms with Crippen molar-refractivity contribution in [3.63, 3.8) is 0 Å². The summed E-state index contributed by atoms with van der Waals surface area (Å²) in [5.41, 5.74) is 6.68. The van der Waals surface area contributed by atoms with Crippen LogP contribution in [0.4, 0.5) is 0 Å². The lowest BCUT2D eigenvalue weighted by atomic mass is 10.2. The molecule has 2 rings (SSSR count). The minimum Gasteiger partial charge on any atom is -0.491 e. The number of ether oxygens (including phenoxy) is 1. The van der Waals surface area contributed by atoms with Crippen molar-refractivity contribution in [2.24, 2.45) is 12.8 Å². The Balaban J connectivity index is 0.00000220. The molecule has 1 heterocycles. The molecule has 116 valence electrons. The molecule has 0 amide bonds. The van der Waals surface area contributed by atoms with Gasteiger partial charge in [0.1, 0.15) is 11.6 Å². The number of hydrogen-bond donors (Lipinski definition) is 1. The number of aromatic nitrogens is 3. The highest BCUT2D eigenvalue weighted by atomic mass is 35.5. The van der Waals surface area contributed by atoms with Crippen LogP contribution in [0.3, 0.4) is 0 Å². The van der Waals surface area contributed by atoms with E-state index in [4.69, 9.17) is 22.1 Å². The Kier molecular flexibility index (Phi) is 7.31. The molecule has 8 heteroatoms. The van der Waals surface area contributed by atoms with E-state index in [1.807, 2.05) is 36.7 Å². The summed E-state index contributed by atoms with van der Waals surface area (Å²) in [6, 6.07) is 5.73. The van der Waals surface area contributed by atoms with Gasteiger partial charge in [-0.25, -0.2) is 0 Å². The molecule has 0 aliphatic rings. The summed E-state index contributed by atoms with van der Waals surface area (Å²) < 4.78 is 7.57. The predicted molar refractivity (Wildman–Crippen MR) is 88.6 cm³/mol. The molecule has 0 radical (unpaired) electrons. The summed E-state index contributed by atoms with van der Waals surface area (Å²) in [5, 5.41) is 9.55. The minimum atomic E-state index is 0. The number of thioether (sulfide) groups is 1. The van der Waals surface area contributed by atoms with E-state index in [-0.39, 0.29) is 12.4 Å². The molecule has 1 aromatic carbocycles. The third-order valence-corrected chi connectivity index (χ3v) is 4.06. The van der Waals surface area contributed by atoms with E-state index in [2.05, 4.69) is 10.2 Å². The molecule has 0 spiro atoms. The fourth-order valence-electron chi connectivity index (χ4n) is 1.65. The Morgan fingerprint density at radius 3 is 2.81 bits per heavy atom. The largest absolute Gasteiger partial charge is 0.491 e. The highest BCUT2D eigenvalue weighted by molar-refractivity contribution is 7.99. The van der Waals surface area contributed by atoms with Gasteiger partial charge in [-0.05, 0) is 24.6 Å². The van der Waals surface area contributed by atoms with Crippen LogP contribution in [0, 0.1) is 6.92 Å². The monoisotopic (exact) mass is 348 g/mol. The predicted octanol–water partition coefficient (Wildman–Crippen LogP) is 2.83. The van der Waals surface area contributed by atoms with Gasteiger partial charge in [-0.3, -0.25) is 0 Å². The minimum absolute atomic E-state index is 0. The van der Waals surface area contributed by atoms with E-state index < -0.39 is 0 Å². The Morgan fingerprint density at radius 1 is 1.38 bits per heavy atom. The second-order valence-electron chi connectivity index (χ2n) is 4.29. The van der Waals surface area contributed by atoms with Crippen molar-refractivity contribution in [3.8, 4) is 5.75 Å². The molecule has 0 aliphatic heterocycles. The summed E-state index contributed by atoms with van der Waals surface area (Å²) >= 11 is 7.65. The number of rotatable bonds is 6. The van der Waals surface area contributed by atoms with Crippen LogP contribution in [0.1, 0.15) is 11.4 Å². The second-order valence-corrected chi connectivity index (χ2v) is 5.76. The van der Waals surface area contributed by atoms with Crippen LogP contribution in [0.5, 0.6) is 5.75 Å². The standard InChI is InChI=1S/C13H17ClN4OS.ClH/c1-9-3-4-10(14)11(7-9)19-5-6-20-13-17-16-12(8-15)18(13)2;/h3-4,7H,5-6,8,15H2,1-2H3;1H. The maximum atomic E-state index is 6.07. The van der Waals surface area contributed by atoms with Crippen molar-refractivity contribution in [2.75, 3.05) is 12.4 Å². The first kappa shape index (κ1) is 18.1. The Morgan fingerprint density at radius 2 is 2.14 bits per heavy atom. The van der Waals surface area contributed by atoms with E-state index >= 15 is 0 Å². The number of benzene rings is 1. The Hall–Kier alpha value is -0.950. The lowest BCUT2D eigenvalue weighted by molar-refractivity contribution is 0.344. The van der Waals surface area contributed by atoms with Crippen molar-refractivity contribution in [3.05, 3.63) is 34.6 Å². The first-order valence-corrected chi connectivity index (χ1v) is 7.58. The second kappa shape index (κ2) is 8.48. The molecular weight excluding hydrogens is 331 g/mol. The molecular formula is C13H18Cl2N4OS. The topological polar surface area (TPSA) is 66.0 Å². The van der Waals surface area contributed by atoms with Crippen LogP contribution in [0.2, 0.25) is 5.02 Å². The molecule has 0 aliphatic carbocycles. The fraction of sp³-hybridized carbons (Fsp3) is 0.385. The zero-order valence-corrected chi connectivity index (χ0v) is 14.3. The summed E-state index contributed by atoms with van der Waals surface area (Å²) in [6.07, 6.45) is 0. The normalized spacial score (nSPS) is 10.3. The molecule has 0 bridgehead atoms. The van der Waals surface area contributed by atoms with E-state index in [9.17, 15) is 0 Å². The molecule has 0 unspecified atom stereocenters. The molecule has 1 aromatic heterocycles. The van der Waals surface area contributed by atoms with Crippen LogP contribution in [0.15, 0.2) is 23.4 Å². The zero-order chi connectivity index (χ0) is 14.5. The molecule has 0 atom stereocenters. The SMILES string of the molecule is Cc1ccc(Cl)c(OCCSc2nnc(CN)n2C)c1.Cl. The molecule has 2 N–H and O–H groups in total. The van der Waals surface area contributed by atoms with Crippen LogP contribution < -0.4 is 10.5 Å². The first-order valence-electron chi connectivity index (χ1n) is 6.22. The van der Waals surface area contributed by atoms with Gasteiger partial charge in [0.15, 0.2) is 5.16 Å². The van der Waals surface area contributed by atoms with Crippen LogP contribution in [-0.4, -0.2) is 27.1 Å². The third kappa shape index (κ3) is 4.78. The molecule has 0 saturated carbocycles. The molecule has 21 heavy (non-hydrogen) atoms. The van der Waals surface area contributed by atoms with Gasteiger partial charge in [-0.2, -0.15) is 0 Å². The highest BCUT2D eigenvalue weighted by Crippen LogP contribution is 2.25. The summed E-state index contributed by atoms with van der Waals surface area (Å²) in [5.74, 6) is 2.25. The Bertz CT molecular complexity index is 592. The van der Waals surface area contributed by atoms with Crippen molar-refractivity contribution < 1.29 is 4.74 Å². The molecule has 2 aromatic rings. The van der Waals surface area contributed by atoms with Crippen LogP contribution >= 0.6 is 35.8 Å². The van der Waals surface area contributed by atoms with E-state index in [0.717, 1.165) is 22.3 Å². The van der Waals surface area contributed by atoms with E-state index in [0.29, 0.717) is 23.9 Å². The number of nitrogens with zero attached hydrogens (tertiary/aromatic N) is 3. The van der Waals surface area contributed by atoms with Crippen LogP contribution in [-0.2, 0) is 13.6 Å². The average Bonchev–Trinajstić information content (AvgIpc) is 2.79. The lowest BCUT2D eigenvalue weighted by Gasteiger charge is -2.08. The zero-order valence-electron chi connectivity index (χ0n) is 11.9. The Labute approximate surface area is 139 Å². The molecule has 0 saturated heterocycles. The van der Waals surface area contributed by atoms with Crippen molar-refractivity contribution >= 4 is 35.8 Å². The number of nitrogens with two attached hydrogens (primary N) is 1. The maximum Gasteiger partial charge on any atom is 0.191 e. The van der Waals surface area contributed by atoms with Gasteiger partial charge in [0.05, 0.1) is 18.2 Å². The molecule has 0 fully saturated rings. The van der Waals surface area contributed by atoms with Crippen LogP contribution in [0.25, 0.3) is 0 Å². The van der Waals surface area contributed by atoms with Gasteiger partial charge in [0.25, 0.3) is 0 Å². The first-order chi connectivity index (χ1) is 9.61. The maximum absolute atomic E-state index is 6.07. The van der Waals surface area contributed by atoms with Gasteiger partial charge in [-0.15, -0.1) is 22.6 Å². The third-order valence-electron chi connectivity index (χ3n) is 2.77. The number of aryl methyl sites for hydroxylation is 1. The van der Waals surface area contributed by atoms with Gasteiger partial charge >= 0.3 is 0 Å². The van der Waals surface area contributed by atoms with Crippen molar-refractivity contribution in [2.45, 2.75) is 18.6 Å². The summed E-state index contributed by atoms with van der Waals surface area (Å²) in [4.78, 5) is 0. The number of hydrogen-bond acceptors (Lipinski definition) is 5. The van der Waals surface area contributed by atoms with E-state index in [1.165, 1.54) is 0 Å². The van der Waals surface area contributed by atoms with Gasteiger partial charge in [0.2, 0.25) is 0 Å². The summed E-state index contributed by atoms with van der Waals surface area (Å²) in [7, 11) is 1.91. The quantitative estimate of drug-likeness (QED) is 0.642. The fourth-order valence-corrected chi connectivity index (χ4v) is 2.57. The van der Waals surface area contributed by atoms with Gasteiger partial charge < -0.3 is 15.0 Å². The van der Waals surface area contributed by atoms with Crippen molar-refractivity contribution in [1.29, 1.82) is 0 Å². The highest BCUT2D eigenvalue weighted by Gasteiger charge is 2.08. The van der Waals surface area contributed by atoms with Gasteiger partial charge in [0, 0.05) is 12.8 Å². The van der Waals surface area contributed by atoms with Crippen molar-refractivity contribution in [1.82, 2.24) is 14.8 Å². The smallest absolute Gasteiger partial charge is 0.191 e. The van der Waals surface area contributed by atoms with Gasteiger partial charge in [-0.1, -0.05) is 29.4 Å².